The van der Waals surface area contributed by atoms with E-state index in [2.05, 4.69) is 149 Å². The first-order valence-corrected chi connectivity index (χ1v) is 17.4. The van der Waals surface area contributed by atoms with Crippen LogP contribution in [0.3, 0.4) is 0 Å². The molecule has 0 spiro atoms. The SMILES string of the molecule is CC1(C)c2ccccc2-c2ccc(N(c3ccc4c(c3)oc3ccccc34)c3ccc4c(c3)c3c5ocnc5cc5c6ccccc6n4c53)cc21. The molecule has 1 aliphatic carbocycles. The molecule has 0 unspecified atom stereocenters. The molecule has 0 radical (unpaired) electrons. The molecule has 0 amide bonds. The summed E-state index contributed by atoms with van der Waals surface area (Å²) in [5.74, 6) is 0. The summed E-state index contributed by atoms with van der Waals surface area (Å²) in [5.41, 5.74) is 15.3. The quantitative estimate of drug-likeness (QED) is 0.190. The number of hydrogen-bond acceptors (Lipinski definition) is 4. The van der Waals surface area contributed by atoms with Gasteiger partial charge in [0.05, 0.1) is 21.9 Å². The third-order valence-corrected chi connectivity index (χ3v) is 11.4. The third-order valence-electron chi connectivity index (χ3n) is 11.4. The molecule has 0 saturated carbocycles. The van der Waals surface area contributed by atoms with Gasteiger partial charge in [-0.15, -0.1) is 0 Å². The van der Waals surface area contributed by atoms with Gasteiger partial charge in [-0.3, -0.25) is 0 Å². The smallest absolute Gasteiger partial charge is 0.182 e. The van der Waals surface area contributed by atoms with Gasteiger partial charge in [0.2, 0.25) is 0 Å². The molecular weight excluding hydrogens is 627 g/mol. The summed E-state index contributed by atoms with van der Waals surface area (Å²) in [4.78, 5) is 7.00. The number of fused-ring (bicyclic) bond motifs is 14. The Balaban J connectivity index is 1.15. The fraction of sp³-hybridized carbons (Fsp3) is 0.0652. The van der Waals surface area contributed by atoms with Crippen LogP contribution < -0.4 is 4.90 Å². The Morgan fingerprint density at radius 2 is 1.27 bits per heavy atom. The number of anilines is 3. The Hall–Kier alpha value is -6.59. The maximum atomic E-state index is 6.44. The van der Waals surface area contributed by atoms with Crippen molar-refractivity contribution in [3.63, 3.8) is 0 Å². The lowest BCUT2D eigenvalue weighted by molar-refractivity contribution is 0.605. The highest BCUT2D eigenvalue weighted by atomic mass is 16.3. The molecular formula is C46H29N3O2. The average Bonchev–Trinajstić information content (AvgIpc) is 3.97. The van der Waals surface area contributed by atoms with Crippen LogP contribution in [0.15, 0.2) is 149 Å². The lowest BCUT2D eigenvalue weighted by atomic mass is 9.82. The normalized spacial score (nSPS) is 13.8. The molecule has 11 aromatic rings. The number of rotatable bonds is 3. The van der Waals surface area contributed by atoms with Gasteiger partial charge in [-0.1, -0.05) is 80.6 Å². The summed E-state index contributed by atoms with van der Waals surface area (Å²) in [6.45, 7) is 4.67. The van der Waals surface area contributed by atoms with Crippen molar-refractivity contribution in [3.8, 4) is 11.1 Å². The zero-order valence-corrected chi connectivity index (χ0v) is 27.9. The molecule has 0 aliphatic heterocycles. The summed E-state index contributed by atoms with van der Waals surface area (Å²) in [6, 6.07) is 48.3. The predicted octanol–water partition coefficient (Wildman–Crippen LogP) is 12.7. The second-order valence-electron chi connectivity index (χ2n) is 14.4. The number of furan rings is 1. The summed E-state index contributed by atoms with van der Waals surface area (Å²) >= 11 is 0. The molecule has 51 heavy (non-hydrogen) atoms. The fourth-order valence-corrected chi connectivity index (χ4v) is 9.14. The monoisotopic (exact) mass is 655 g/mol. The van der Waals surface area contributed by atoms with Crippen LogP contribution >= 0.6 is 0 Å². The van der Waals surface area contributed by atoms with Crippen molar-refractivity contribution < 1.29 is 8.83 Å². The largest absolute Gasteiger partial charge is 0.456 e. The second kappa shape index (κ2) is 9.34. The van der Waals surface area contributed by atoms with E-state index >= 15 is 0 Å². The van der Waals surface area contributed by atoms with Crippen LogP contribution in [0.4, 0.5) is 17.1 Å². The third kappa shape index (κ3) is 3.43. The molecule has 0 atom stereocenters. The number of aromatic nitrogens is 2. The Morgan fingerprint density at radius 1 is 0.569 bits per heavy atom. The van der Waals surface area contributed by atoms with Gasteiger partial charge >= 0.3 is 0 Å². The molecule has 1 aliphatic rings. The number of para-hydroxylation sites is 2. The molecule has 0 saturated heterocycles. The van der Waals surface area contributed by atoms with Gasteiger partial charge in [0, 0.05) is 55.5 Å². The fourth-order valence-electron chi connectivity index (χ4n) is 9.14. The topological polar surface area (TPSA) is 46.8 Å². The van der Waals surface area contributed by atoms with Gasteiger partial charge < -0.3 is 18.1 Å². The Kier molecular flexibility index (Phi) is 4.99. The minimum Gasteiger partial charge on any atom is -0.456 e. The van der Waals surface area contributed by atoms with Crippen molar-refractivity contribution in [1.82, 2.24) is 9.38 Å². The number of hydrogen-bond donors (Lipinski definition) is 0. The van der Waals surface area contributed by atoms with Crippen LogP contribution in [-0.4, -0.2) is 9.38 Å². The molecule has 240 valence electrons. The highest BCUT2D eigenvalue weighted by molar-refractivity contribution is 6.30. The van der Waals surface area contributed by atoms with Gasteiger partial charge in [0.1, 0.15) is 16.7 Å². The van der Waals surface area contributed by atoms with Gasteiger partial charge in [-0.05, 0) is 82.9 Å². The maximum absolute atomic E-state index is 6.44. The molecule has 12 rings (SSSR count). The number of nitrogens with zero attached hydrogens (tertiary/aromatic N) is 3. The summed E-state index contributed by atoms with van der Waals surface area (Å²) in [7, 11) is 0. The lowest BCUT2D eigenvalue weighted by Crippen LogP contribution is -2.16. The van der Waals surface area contributed by atoms with E-state index in [0.717, 1.165) is 66.4 Å². The van der Waals surface area contributed by atoms with E-state index in [1.165, 1.54) is 44.1 Å². The van der Waals surface area contributed by atoms with Crippen molar-refractivity contribution in [2.75, 3.05) is 4.90 Å². The predicted molar refractivity (Wildman–Crippen MR) is 208 cm³/mol. The van der Waals surface area contributed by atoms with E-state index in [0.29, 0.717) is 0 Å². The lowest BCUT2D eigenvalue weighted by Gasteiger charge is -2.28. The first-order valence-electron chi connectivity index (χ1n) is 17.4. The van der Waals surface area contributed by atoms with Gasteiger partial charge in [-0.25, -0.2) is 4.98 Å². The molecule has 4 aromatic heterocycles. The molecule has 7 aromatic carbocycles. The Morgan fingerprint density at radius 3 is 2.22 bits per heavy atom. The number of benzene rings is 7. The first kappa shape index (κ1) is 27.3. The average molecular weight is 656 g/mol. The molecule has 0 N–H and O–H groups in total. The highest BCUT2D eigenvalue weighted by Gasteiger charge is 2.36. The van der Waals surface area contributed by atoms with Crippen molar-refractivity contribution >= 4 is 88.2 Å². The number of oxazole rings is 1. The van der Waals surface area contributed by atoms with Crippen LogP contribution in [0.1, 0.15) is 25.0 Å². The minimum absolute atomic E-state index is 0.133. The van der Waals surface area contributed by atoms with Crippen LogP contribution in [-0.2, 0) is 5.41 Å². The zero-order chi connectivity index (χ0) is 33.6. The van der Waals surface area contributed by atoms with Crippen LogP contribution in [0.5, 0.6) is 0 Å². The van der Waals surface area contributed by atoms with Crippen LogP contribution in [0.25, 0.3) is 82.3 Å². The molecule has 0 bridgehead atoms. The summed E-state index contributed by atoms with van der Waals surface area (Å²) < 4.78 is 15.0. The van der Waals surface area contributed by atoms with Crippen molar-refractivity contribution in [2.24, 2.45) is 0 Å². The Labute approximate surface area is 291 Å². The first-order chi connectivity index (χ1) is 25.0. The molecule has 5 nitrogen and oxygen atoms in total. The standard InChI is InChI=1S/C46H29N3O2/c1-46(2)36-12-6-3-9-29(36)30-18-15-27(22-37(30)46)48(28-16-19-33-32-11-5-8-14-41(32)51-42(33)23-28)26-17-20-40-35(21-26)43-44-34(24-38-45(43)50-25-47-38)31-10-4-7-13-39(31)49(40)44/h3-25H,1-2H3. The van der Waals surface area contributed by atoms with Crippen LogP contribution in [0.2, 0.25) is 0 Å². The summed E-state index contributed by atoms with van der Waals surface area (Å²) in [6.07, 6.45) is 1.56. The molecule has 5 heteroatoms. The van der Waals surface area contributed by atoms with Crippen molar-refractivity contribution in [2.45, 2.75) is 19.3 Å². The minimum atomic E-state index is -0.133. The van der Waals surface area contributed by atoms with Gasteiger partial charge in [0.25, 0.3) is 0 Å². The van der Waals surface area contributed by atoms with Crippen LogP contribution in [0, 0.1) is 0 Å². The molecule has 4 heterocycles. The molecule has 0 fully saturated rings. The van der Waals surface area contributed by atoms with E-state index in [-0.39, 0.29) is 5.41 Å². The summed E-state index contributed by atoms with van der Waals surface area (Å²) in [5, 5.41) is 6.86. The van der Waals surface area contributed by atoms with E-state index in [1.807, 2.05) is 12.1 Å². The maximum Gasteiger partial charge on any atom is 0.182 e. The van der Waals surface area contributed by atoms with Gasteiger partial charge in [0.15, 0.2) is 12.0 Å². The second-order valence-corrected chi connectivity index (χ2v) is 14.4. The van der Waals surface area contributed by atoms with E-state index in [1.54, 1.807) is 6.39 Å². The highest BCUT2D eigenvalue weighted by Crippen LogP contribution is 2.51. The van der Waals surface area contributed by atoms with E-state index in [9.17, 15) is 0 Å². The van der Waals surface area contributed by atoms with Crippen molar-refractivity contribution in [3.05, 3.63) is 151 Å². The van der Waals surface area contributed by atoms with E-state index < -0.39 is 0 Å². The van der Waals surface area contributed by atoms with Gasteiger partial charge in [-0.2, -0.15) is 0 Å². The zero-order valence-electron chi connectivity index (χ0n) is 27.9. The van der Waals surface area contributed by atoms with E-state index in [4.69, 9.17) is 8.83 Å². The Bertz CT molecular complexity index is 3250. The van der Waals surface area contributed by atoms with Crippen molar-refractivity contribution in [1.29, 1.82) is 0 Å².